The maximum Gasteiger partial charge on any atom is 0.326 e. The minimum Gasteiger partial charge on any atom is -0.481 e. The van der Waals surface area contributed by atoms with Gasteiger partial charge in [0.05, 0.1) is 17.8 Å². The molecule has 0 aliphatic heterocycles. The van der Waals surface area contributed by atoms with Crippen LogP contribution >= 0.6 is 0 Å². The topological polar surface area (TPSA) is 121 Å². The third-order valence-electron chi connectivity index (χ3n) is 4.53. The lowest BCUT2D eigenvalue weighted by molar-refractivity contribution is -0.146. The van der Waals surface area contributed by atoms with Crippen LogP contribution in [0.25, 0.3) is 23.0 Å². The number of imidazole rings is 1. The molecular weight excluding hydrogens is 386 g/mol. The summed E-state index contributed by atoms with van der Waals surface area (Å²) in [5.74, 6) is -3.43. The number of nitrogens with one attached hydrogen (secondary N) is 1. The molecule has 1 aromatic carbocycles. The van der Waals surface area contributed by atoms with E-state index in [9.17, 15) is 14.4 Å². The number of amides is 1. The van der Waals surface area contributed by atoms with Gasteiger partial charge in [-0.2, -0.15) is 0 Å². The number of aromatic nitrogens is 2. The maximum absolute atomic E-state index is 12.2. The van der Waals surface area contributed by atoms with Crippen molar-refractivity contribution in [1.29, 1.82) is 0 Å². The fourth-order valence-corrected chi connectivity index (χ4v) is 3.00. The second-order valence-electron chi connectivity index (χ2n) is 6.97. The summed E-state index contributed by atoms with van der Waals surface area (Å²) in [5.41, 5.74) is 5.04. The zero-order valence-corrected chi connectivity index (χ0v) is 16.5. The van der Waals surface area contributed by atoms with Crippen molar-refractivity contribution >= 4 is 29.6 Å². The summed E-state index contributed by atoms with van der Waals surface area (Å²) < 4.78 is 1.83. The van der Waals surface area contributed by atoms with Crippen LogP contribution in [0, 0.1) is 13.8 Å². The first-order valence-electron chi connectivity index (χ1n) is 9.23. The molecule has 0 saturated carbocycles. The molecule has 30 heavy (non-hydrogen) atoms. The van der Waals surface area contributed by atoms with Crippen molar-refractivity contribution in [1.82, 2.24) is 14.7 Å². The summed E-state index contributed by atoms with van der Waals surface area (Å²) in [5, 5.41) is 20.1. The van der Waals surface area contributed by atoms with E-state index in [1.807, 2.05) is 60.8 Å². The highest BCUT2D eigenvalue weighted by molar-refractivity contribution is 5.96. The number of aliphatic carboxylic acids is 2. The average Bonchev–Trinajstić information content (AvgIpc) is 3.03. The van der Waals surface area contributed by atoms with Crippen LogP contribution in [-0.4, -0.2) is 43.5 Å². The van der Waals surface area contributed by atoms with Gasteiger partial charge in [-0.05, 0) is 37.6 Å². The van der Waals surface area contributed by atoms with E-state index in [0.717, 1.165) is 16.7 Å². The minimum atomic E-state index is -1.51. The molecule has 1 atom stereocenters. The summed E-state index contributed by atoms with van der Waals surface area (Å²) in [7, 11) is 0. The molecule has 0 aliphatic rings. The summed E-state index contributed by atoms with van der Waals surface area (Å²) in [6.07, 6.45) is 3.86. The van der Waals surface area contributed by atoms with Crippen molar-refractivity contribution in [2.45, 2.75) is 26.3 Å². The lowest BCUT2D eigenvalue weighted by Crippen LogP contribution is -2.41. The van der Waals surface area contributed by atoms with Crippen LogP contribution in [0.1, 0.15) is 23.2 Å². The van der Waals surface area contributed by atoms with Crippen LogP contribution in [0.3, 0.4) is 0 Å². The van der Waals surface area contributed by atoms with Gasteiger partial charge in [0.15, 0.2) is 0 Å². The average molecular weight is 407 g/mol. The highest BCUT2D eigenvalue weighted by atomic mass is 16.4. The number of aryl methyl sites for hydroxylation is 2. The molecule has 3 aromatic rings. The van der Waals surface area contributed by atoms with Crippen LogP contribution in [0.2, 0.25) is 0 Å². The number of rotatable bonds is 7. The Balaban J connectivity index is 1.96. The van der Waals surface area contributed by atoms with Crippen LogP contribution in [0.5, 0.6) is 0 Å². The molecule has 2 heterocycles. The lowest BCUT2D eigenvalue weighted by Gasteiger charge is -2.10. The van der Waals surface area contributed by atoms with E-state index >= 15 is 0 Å². The Labute approximate surface area is 172 Å². The van der Waals surface area contributed by atoms with Crippen molar-refractivity contribution in [3.8, 4) is 11.3 Å². The summed E-state index contributed by atoms with van der Waals surface area (Å²) >= 11 is 0. The molecule has 0 bridgehead atoms. The standard InChI is InChI=1S/C22H21N3O5/c1-13-3-5-15(6-4-13)21-17(25-10-9-14(2)11-18(25)24-21)7-8-19(26)23-16(22(29)30)12-20(27)28/h3-11,16H,12H2,1-2H3,(H,23,26)(H,27,28)(H,29,30)/b8-7+. The van der Waals surface area contributed by atoms with Crippen molar-refractivity contribution < 1.29 is 24.6 Å². The third-order valence-corrected chi connectivity index (χ3v) is 4.53. The van der Waals surface area contributed by atoms with Gasteiger partial charge in [0, 0.05) is 17.8 Å². The van der Waals surface area contributed by atoms with Crippen LogP contribution < -0.4 is 5.32 Å². The molecule has 1 unspecified atom stereocenters. The summed E-state index contributed by atoms with van der Waals surface area (Å²) in [6.45, 7) is 3.94. The van der Waals surface area contributed by atoms with E-state index in [1.165, 1.54) is 6.08 Å². The quantitative estimate of drug-likeness (QED) is 0.518. The van der Waals surface area contributed by atoms with E-state index in [-0.39, 0.29) is 0 Å². The Morgan fingerprint density at radius 2 is 1.80 bits per heavy atom. The lowest BCUT2D eigenvalue weighted by atomic mass is 10.1. The van der Waals surface area contributed by atoms with Gasteiger partial charge < -0.3 is 15.5 Å². The highest BCUT2D eigenvalue weighted by Crippen LogP contribution is 2.26. The Morgan fingerprint density at radius 1 is 1.10 bits per heavy atom. The fourth-order valence-electron chi connectivity index (χ4n) is 3.00. The smallest absolute Gasteiger partial charge is 0.326 e. The molecule has 3 N–H and O–H groups in total. The number of fused-ring (bicyclic) bond motifs is 1. The number of carbonyl (C=O) groups is 3. The SMILES string of the molecule is Cc1ccc(-c2nc3cc(C)ccn3c2/C=C/C(=O)NC(CC(=O)O)C(=O)O)cc1. The van der Waals surface area contributed by atoms with Gasteiger partial charge in [0.25, 0.3) is 0 Å². The number of pyridine rings is 1. The van der Waals surface area contributed by atoms with Crippen LogP contribution in [0.4, 0.5) is 0 Å². The fraction of sp³-hybridized carbons (Fsp3) is 0.182. The molecular formula is C22H21N3O5. The summed E-state index contributed by atoms with van der Waals surface area (Å²) in [6, 6.07) is 10.1. The van der Waals surface area contributed by atoms with Gasteiger partial charge in [-0.3, -0.25) is 14.0 Å². The van der Waals surface area contributed by atoms with Gasteiger partial charge in [-0.1, -0.05) is 29.8 Å². The molecule has 8 heteroatoms. The number of carbonyl (C=O) groups excluding carboxylic acids is 1. The van der Waals surface area contributed by atoms with Crippen LogP contribution in [-0.2, 0) is 14.4 Å². The van der Waals surface area contributed by atoms with E-state index < -0.39 is 30.3 Å². The Hall–Kier alpha value is -3.94. The monoisotopic (exact) mass is 407 g/mol. The Kier molecular flexibility index (Phi) is 5.96. The van der Waals surface area contributed by atoms with Gasteiger partial charge >= 0.3 is 11.9 Å². The van der Waals surface area contributed by atoms with Crippen molar-refractivity contribution in [2.75, 3.05) is 0 Å². The van der Waals surface area contributed by atoms with Crippen molar-refractivity contribution in [3.63, 3.8) is 0 Å². The van der Waals surface area contributed by atoms with Gasteiger partial charge in [-0.25, -0.2) is 9.78 Å². The molecule has 0 saturated heterocycles. The molecule has 0 fully saturated rings. The normalized spacial score (nSPS) is 12.2. The first-order valence-corrected chi connectivity index (χ1v) is 9.23. The molecule has 0 radical (unpaired) electrons. The number of carboxylic acid groups (broad SMARTS) is 2. The largest absolute Gasteiger partial charge is 0.481 e. The molecule has 2 aromatic heterocycles. The minimum absolute atomic E-state index is 0.647. The number of benzene rings is 1. The first kappa shape index (κ1) is 20.8. The predicted molar refractivity (Wildman–Crippen MR) is 111 cm³/mol. The van der Waals surface area contributed by atoms with Crippen molar-refractivity contribution in [2.24, 2.45) is 0 Å². The number of hydrogen-bond donors (Lipinski definition) is 3. The first-order chi connectivity index (χ1) is 14.2. The van der Waals surface area contributed by atoms with Gasteiger partial charge in [0.2, 0.25) is 5.91 Å². The molecule has 1 amide bonds. The number of carboxylic acids is 2. The Bertz CT molecular complexity index is 1150. The van der Waals surface area contributed by atoms with Crippen molar-refractivity contribution in [3.05, 3.63) is 65.5 Å². The summed E-state index contributed by atoms with van der Waals surface area (Å²) in [4.78, 5) is 38.9. The van der Waals surface area contributed by atoms with E-state index in [0.29, 0.717) is 17.0 Å². The second-order valence-corrected chi connectivity index (χ2v) is 6.97. The maximum atomic E-state index is 12.2. The predicted octanol–water partition coefficient (Wildman–Crippen LogP) is 2.68. The molecule has 8 nitrogen and oxygen atoms in total. The zero-order valence-electron chi connectivity index (χ0n) is 16.5. The van der Waals surface area contributed by atoms with E-state index in [4.69, 9.17) is 10.2 Å². The van der Waals surface area contributed by atoms with Crippen LogP contribution in [0.15, 0.2) is 48.7 Å². The molecule has 0 aliphatic carbocycles. The highest BCUT2D eigenvalue weighted by Gasteiger charge is 2.22. The van der Waals surface area contributed by atoms with E-state index in [2.05, 4.69) is 10.3 Å². The molecule has 3 rings (SSSR count). The molecule has 0 spiro atoms. The zero-order chi connectivity index (χ0) is 21.8. The third kappa shape index (κ3) is 4.72. The number of nitrogens with zero attached hydrogens (tertiary/aromatic N) is 2. The second kappa shape index (κ2) is 8.60. The molecule has 154 valence electrons. The van der Waals surface area contributed by atoms with E-state index in [1.54, 1.807) is 6.08 Å². The Morgan fingerprint density at radius 3 is 2.43 bits per heavy atom. The van der Waals surface area contributed by atoms with Gasteiger partial charge in [0.1, 0.15) is 11.7 Å². The van der Waals surface area contributed by atoms with Gasteiger partial charge in [-0.15, -0.1) is 0 Å². The number of hydrogen-bond acceptors (Lipinski definition) is 4.